The lowest BCUT2D eigenvalue weighted by atomic mass is 9.49. The van der Waals surface area contributed by atoms with Crippen molar-refractivity contribution in [2.75, 3.05) is 23.5 Å². The second-order valence-corrected chi connectivity index (χ2v) is 15.7. The molecule has 5 aromatic carbocycles. The van der Waals surface area contributed by atoms with Crippen LogP contribution >= 0.6 is 11.6 Å². The van der Waals surface area contributed by atoms with Gasteiger partial charge in [-0.3, -0.25) is 34.3 Å². The first-order chi connectivity index (χ1) is 28.6. The van der Waals surface area contributed by atoms with Gasteiger partial charge >= 0.3 is 0 Å². The van der Waals surface area contributed by atoms with Crippen LogP contribution < -0.4 is 15.1 Å². The number of ether oxygens (including phenoxy) is 1. The summed E-state index contributed by atoms with van der Waals surface area (Å²) in [6.45, 7) is -0.323. The number of hydrazine groups is 1. The van der Waals surface area contributed by atoms with Crippen LogP contribution in [0.4, 0.5) is 15.8 Å². The Morgan fingerprint density at radius 1 is 0.797 bits per heavy atom. The number of carbonyl (C=O) groups is 5. The number of imide groups is 2. The SMILES string of the molecule is O=C(c1ccccc1)c1ccc(N2C(=O)[C@H]3[C@H](CC=C4[C@H]3C[C@H]3C(=O)N(Nc5ccc(F)cc5)C(=O)[C@@]3(c3ccc(Cl)cc3)[C@H]4c3ccccc3OCCO)C2=O)cc1. The van der Waals surface area contributed by atoms with Crippen LogP contribution in [0.2, 0.25) is 5.02 Å². The first kappa shape index (κ1) is 38.1. The van der Waals surface area contributed by atoms with E-state index in [1.165, 1.54) is 29.2 Å². The minimum atomic E-state index is -1.60. The molecule has 0 bridgehead atoms. The molecule has 59 heavy (non-hydrogen) atoms. The Kier molecular flexibility index (Phi) is 9.73. The van der Waals surface area contributed by atoms with Crippen LogP contribution in [-0.2, 0) is 24.6 Å². The molecule has 9 rings (SSSR count). The molecule has 10 nitrogen and oxygen atoms in total. The molecular weight excluding hydrogens is 773 g/mol. The van der Waals surface area contributed by atoms with Crippen LogP contribution in [0.25, 0.3) is 0 Å². The molecular formula is C47H37ClFN3O7. The number of hydrogen-bond acceptors (Lipinski definition) is 8. The normalized spacial score (nSPS) is 24.7. The molecule has 2 saturated heterocycles. The van der Waals surface area contributed by atoms with Gasteiger partial charge in [-0.1, -0.05) is 83.9 Å². The predicted molar refractivity (Wildman–Crippen MR) is 217 cm³/mol. The molecule has 0 aromatic heterocycles. The van der Waals surface area contributed by atoms with E-state index in [9.17, 15) is 28.7 Å². The molecule has 6 atom stereocenters. The summed E-state index contributed by atoms with van der Waals surface area (Å²) in [6.07, 6.45) is 2.19. The molecule has 4 amide bonds. The molecule has 2 aliphatic heterocycles. The van der Waals surface area contributed by atoms with Gasteiger partial charge in [0.05, 0.1) is 41.2 Å². The van der Waals surface area contributed by atoms with E-state index in [0.717, 1.165) is 5.01 Å². The first-order valence-corrected chi connectivity index (χ1v) is 19.8. The van der Waals surface area contributed by atoms with Crippen LogP contribution in [0.5, 0.6) is 5.75 Å². The molecule has 3 fully saturated rings. The summed E-state index contributed by atoms with van der Waals surface area (Å²) in [5.41, 5.74) is 4.68. The number of benzene rings is 5. The van der Waals surface area contributed by atoms with Crippen LogP contribution in [0, 0.1) is 29.5 Å². The topological polar surface area (TPSA) is 133 Å². The van der Waals surface area contributed by atoms with E-state index in [0.29, 0.717) is 50.0 Å². The predicted octanol–water partition coefficient (Wildman–Crippen LogP) is 7.27. The van der Waals surface area contributed by atoms with E-state index in [4.69, 9.17) is 16.3 Å². The molecule has 5 aromatic rings. The highest BCUT2D eigenvalue weighted by Crippen LogP contribution is 2.65. The van der Waals surface area contributed by atoms with Crippen molar-refractivity contribution in [3.05, 3.63) is 172 Å². The second kappa shape index (κ2) is 15.1. The highest BCUT2D eigenvalue weighted by molar-refractivity contribution is 6.30. The Bertz CT molecular complexity index is 2530. The van der Waals surface area contributed by atoms with Crippen molar-refractivity contribution in [2.45, 2.75) is 24.2 Å². The lowest BCUT2D eigenvalue weighted by Crippen LogP contribution is -2.53. The maximum absolute atomic E-state index is 15.4. The minimum Gasteiger partial charge on any atom is -0.491 e. The number of nitrogens with zero attached hydrogens (tertiary/aromatic N) is 2. The molecule has 0 spiro atoms. The highest BCUT2D eigenvalue weighted by atomic mass is 35.5. The molecule has 296 valence electrons. The molecule has 12 heteroatoms. The number of ketones is 1. The quantitative estimate of drug-likeness (QED) is 0.0856. The van der Waals surface area contributed by atoms with E-state index in [1.807, 2.05) is 18.2 Å². The maximum Gasteiger partial charge on any atom is 0.260 e. The molecule has 0 unspecified atom stereocenters. The number of amides is 4. The van der Waals surface area contributed by atoms with Gasteiger partial charge in [-0.25, -0.2) is 4.39 Å². The van der Waals surface area contributed by atoms with Gasteiger partial charge < -0.3 is 9.84 Å². The zero-order valence-electron chi connectivity index (χ0n) is 31.5. The zero-order valence-corrected chi connectivity index (χ0v) is 32.2. The number of aliphatic hydroxyl groups is 1. The minimum absolute atomic E-state index is 0.0446. The summed E-state index contributed by atoms with van der Waals surface area (Å²) in [4.78, 5) is 73.9. The molecule has 1 saturated carbocycles. The second-order valence-electron chi connectivity index (χ2n) is 15.2. The molecule has 2 aliphatic carbocycles. The van der Waals surface area contributed by atoms with E-state index in [2.05, 4.69) is 5.43 Å². The van der Waals surface area contributed by atoms with E-state index >= 15 is 4.79 Å². The summed E-state index contributed by atoms with van der Waals surface area (Å²) in [5.74, 6) is -6.46. The standard InChI is InChI=1S/C47H37ClFN3O7/c48-30-14-12-29(13-15-30)47-38(44(56)52(46(47)58)50-32-18-16-31(49)17-19-32)26-37-34(41(47)35-8-4-5-9-39(35)59-25-24-53)22-23-36-40(37)45(57)51(43(36)55)33-20-10-28(11-21-33)42(54)27-6-2-1-3-7-27/h1-22,36-38,40-41,50,53H,23-26H2/t36-,37+,38-,40-,41+,47+/m0/s1. The summed E-state index contributed by atoms with van der Waals surface area (Å²) in [5, 5.41) is 11.2. The van der Waals surface area contributed by atoms with E-state index < -0.39 is 58.5 Å². The lowest BCUT2D eigenvalue weighted by Gasteiger charge is -2.50. The Morgan fingerprint density at radius 3 is 2.19 bits per heavy atom. The number of carbonyl (C=O) groups excluding carboxylic acids is 5. The van der Waals surface area contributed by atoms with Crippen molar-refractivity contribution in [1.82, 2.24) is 5.01 Å². The average Bonchev–Trinajstić information content (AvgIpc) is 3.64. The lowest BCUT2D eigenvalue weighted by molar-refractivity contribution is -0.138. The van der Waals surface area contributed by atoms with Crippen molar-refractivity contribution in [3.8, 4) is 5.75 Å². The van der Waals surface area contributed by atoms with Gasteiger partial charge in [0.25, 0.3) is 11.8 Å². The van der Waals surface area contributed by atoms with Gasteiger partial charge in [-0.2, -0.15) is 5.01 Å². The Hall–Kier alpha value is -6.43. The van der Waals surface area contributed by atoms with Crippen molar-refractivity contribution < 1.29 is 38.2 Å². The number of halogens is 2. The third-order valence-electron chi connectivity index (χ3n) is 12.3. The first-order valence-electron chi connectivity index (χ1n) is 19.4. The number of allylic oxidation sites excluding steroid dienone is 2. The largest absolute Gasteiger partial charge is 0.491 e. The van der Waals surface area contributed by atoms with Crippen molar-refractivity contribution in [1.29, 1.82) is 0 Å². The third-order valence-corrected chi connectivity index (χ3v) is 12.5. The number of aliphatic hydroxyl groups excluding tert-OH is 1. The number of para-hydroxylation sites is 1. The number of hydrogen-bond donors (Lipinski definition) is 2. The zero-order chi connectivity index (χ0) is 41.0. The summed E-state index contributed by atoms with van der Waals surface area (Å²) >= 11 is 6.41. The van der Waals surface area contributed by atoms with Gasteiger partial charge in [-0.15, -0.1) is 0 Å². The van der Waals surface area contributed by atoms with Crippen LogP contribution in [-0.4, -0.2) is 52.7 Å². The average molecular weight is 810 g/mol. The molecule has 2 N–H and O–H groups in total. The highest BCUT2D eigenvalue weighted by Gasteiger charge is 2.70. The van der Waals surface area contributed by atoms with Gasteiger partial charge in [0, 0.05) is 27.6 Å². The Balaban J connectivity index is 1.17. The third kappa shape index (κ3) is 6.15. The van der Waals surface area contributed by atoms with Gasteiger partial charge in [0.2, 0.25) is 11.8 Å². The fourth-order valence-electron chi connectivity index (χ4n) is 9.78. The van der Waals surface area contributed by atoms with Gasteiger partial charge in [0.15, 0.2) is 5.78 Å². The molecule has 0 radical (unpaired) electrons. The maximum atomic E-state index is 15.4. The fraction of sp³-hybridized carbons (Fsp3) is 0.213. The van der Waals surface area contributed by atoms with Gasteiger partial charge in [0.1, 0.15) is 18.2 Å². The Labute approximate surface area is 343 Å². The summed E-state index contributed by atoms with van der Waals surface area (Å²) in [7, 11) is 0. The summed E-state index contributed by atoms with van der Waals surface area (Å²) < 4.78 is 20.1. The van der Waals surface area contributed by atoms with E-state index in [-0.39, 0.29) is 37.7 Å². The fourth-order valence-corrected chi connectivity index (χ4v) is 9.90. The smallest absolute Gasteiger partial charge is 0.260 e. The van der Waals surface area contributed by atoms with Crippen molar-refractivity contribution in [2.24, 2.45) is 23.7 Å². The van der Waals surface area contributed by atoms with Gasteiger partial charge in [-0.05, 0) is 91.1 Å². The summed E-state index contributed by atoms with van der Waals surface area (Å²) in [6, 6.07) is 34.4. The number of fused-ring (bicyclic) bond motifs is 4. The van der Waals surface area contributed by atoms with Crippen molar-refractivity contribution >= 4 is 52.4 Å². The van der Waals surface area contributed by atoms with Crippen LogP contribution in [0.15, 0.2) is 139 Å². The van der Waals surface area contributed by atoms with Crippen LogP contribution in [0.3, 0.4) is 0 Å². The number of anilines is 2. The number of nitrogens with one attached hydrogen (secondary N) is 1. The number of rotatable bonds is 10. The van der Waals surface area contributed by atoms with E-state index in [1.54, 1.807) is 91.0 Å². The molecule has 2 heterocycles. The Morgan fingerprint density at radius 2 is 1.47 bits per heavy atom. The molecule has 4 aliphatic rings. The monoisotopic (exact) mass is 809 g/mol. The van der Waals surface area contributed by atoms with Crippen molar-refractivity contribution in [3.63, 3.8) is 0 Å². The van der Waals surface area contributed by atoms with Crippen LogP contribution in [0.1, 0.15) is 45.8 Å².